The Balaban J connectivity index is 1.57. The van der Waals surface area contributed by atoms with Crippen LogP contribution < -0.4 is 10.8 Å². The van der Waals surface area contributed by atoms with Gasteiger partial charge in [0.15, 0.2) is 5.78 Å². The number of fused-ring (bicyclic) bond motifs is 7. The van der Waals surface area contributed by atoms with Crippen molar-refractivity contribution in [3.8, 4) is 0 Å². The first kappa shape index (κ1) is 27.9. The summed E-state index contributed by atoms with van der Waals surface area (Å²) in [6.45, 7) is 17.7. The van der Waals surface area contributed by atoms with Gasteiger partial charge in [0.2, 0.25) is 11.8 Å². The molecule has 212 valence electrons. The van der Waals surface area contributed by atoms with Crippen LogP contribution in [0.1, 0.15) is 113 Å². The average molecular weight is 527 g/mol. The lowest BCUT2D eigenvalue weighted by Gasteiger charge is -2.70. The van der Waals surface area contributed by atoms with Crippen LogP contribution in [-0.2, 0) is 14.4 Å². The van der Waals surface area contributed by atoms with Crippen LogP contribution in [-0.4, -0.2) is 28.8 Å². The summed E-state index contributed by atoms with van der Waals surface area (Å²) in [6.07, 6.45) is 10.5. The van der Waals surface area contributed by atoms with Gasteiger partial charge in [-0.15, -0.1) is 0 Å². The molecule has 0 spiro atoms. The second kappa shape index (κ2) is 8.41. The molecule has 5 rings (SSSR count). The van der Waals surface area contributed by atoms with E-state index in [0.717, 1.165) is 51.4 Å². The molecule has 0 radical (unpaired) electrons. The molecule has 0 heterocycles. The first-order valence-corrected chi connectivity index (χ1v) is 15.0. The molecule has 6 heteroatoms. The quantitative estimate of drug-likeness (QED) is 0.305. The Morgan fingerprint density at radius 3 is 2.21 bits per heavy atom. The molecule has 2 amide bonds. The van der Waals surface area contributed by atoms with Crippen molar-refractivity contribution in [2.45, 2.75) is 119 Å². The summed E-state index contributed by atoms with van der Waals surface area (Å²) in [4.78, 5) is 39.2. The zero-order valence-corrected chi connectivity index (χ0v) is 24.9. The summed E-state index contributed by atoms with van der Waals surface area (Å²) >= 11 is 0. The van der Waals surface area contributed by atoms with E-state index in [1.165, 1.54) is 5.57 Å². The lowest BCUT2D eigenvalue weighted by Crippen LogP contribution is -2.67. The van der Waals surface area contributed by atoms with Gasteiger partial charge in [-0.3, -0.25) is 19.6 Å². The van der Waals surface area contributed by atoms with Gasteiger partial charge in [-0.1, -0.05) is 54.0 Å². The fraction of sp³-hybridized carbons (Fsp3) is 0.844. The van der Waals surface area contributed by atoms with Crippen molar-refractivity contribution < 1.29 is 19.6 Å². The molecule has 0 bridgehead atoms. The van der Waals surface area contributed by atoms with Crippen LogP contribution >= 0.6 is 0 Å². The lowest BCUT2D eigenvalue weighted by atomic mass is 9.33. The molecule has 0 aromatic carbocycles. The summed E-state index contributed by atoms with van der Waals surface area (Å²) in [7, 11) is 0. The normalized spacial score (nSPS) is 49.4. The maximum absolute atomic E-state index is 14.4. The standard InChI is InChI=1S/C32H50N2O4/c1-19(35)33-24-10-11-30(6)23(27(24,2)3)9-12-32(8)25(30)22(36)17-20-21-18-29(5,26(37)34-38)14-13-28(21,4)15-16-31(20,32)7/h17,21,23-25,38H,9-16,18H2,1-8H3,(H,33,35)(H,34,37)/t21-,23?,24+,25+,28+,29-,30-,31+,32+/m0/s1. The maximum Gasteiger partial charge on any atom is 0.249 e. The molecule has 5 aliphatic rings. The van der Waals surface area contributed by atoms with Crippen LogP contribution in [0.2, 0.25) is 0 Å². The SMILES string of the molecule is CC(=O)N[C@@H]1CC[C@@]2(C)C(CC[C@]3(C)[C@@H]2C(=O)C=C2[C@@H]4C[C@@](C)(C(=O)NO)CC[C@]4(C)CC[C@]23C)C1(C)C. The highest BCUT2D eigenvalue weighted by molar-refractivity contribution is 5.95. The van der Waals surface area contributed by atoms with Crippen molar-refractivity contribution in [3.05, 3.63) is 11.6 Å². The minimum atomic E-state index is -0.630. The number of hydrogen-bond acceptors (Lipinski definition) is 4. The molecule has 0 aromatic heterocycles. The molecule has 9 atom stereocenters. The zero-order chi connectivity index (χ0) is 28.1. The van der Waals surface area contributed by atoms with Crippen LogP contribution in [0.5, 0.6) is 0 Å². The lowest BCUT2D eigenvalue weighted by molar-refractivity contribution is -0.189. The fourth-order valence-electron chi connectivity index (χ4n) is 11.0. The highest BCUT2D eigenvalue weighted by Crippen LogP contribution is 2.75. The fourth-order valence-corrected chi connectivity index (χ4v) is 11.0. The van der Waals surface area contributed by atoms with Crippen molar-refractivity contribution in [3.63, 3.8) is 0 Å². The molecule has 38 heavy (non-hydrogen) atoms. The smallest absolute Gasteiger partial charge is 0.249 e. The van der Waals surface area contributed by atoms with Crippen LogP contribution in [0.3, 0.4) is 0 Å². The molecular formula is C32H50N2O4. The van der Waals surface area contributed by atoms with E-state index in [9.17, 15) is 19.6 Å². The van der Waals surface area contributed by atoms with Gasteiger partial charge in [0.1, 0.15) is 0 Å². The van der Waals surface area contributed by atoms with Gasteiger partial charge in [0.05, 0.1) is 0 Å². The Labute approximate surface area is 229 Å². The van der Waals surface area contributed by atoms with Gasteiger partial charge in [-0.05, 0) is 103 Å². The second-order valence-electron chi connectivity index (χ2n) is 15.8. The van der Waals surface area contributed by atoms with E-state index in [1.807, 2.05) is 18.5 Å². The van der Waals surface area contributed by atoms with E-state index in [0.29, 0.717) is 12.3 Å². The first-order chi connectivity index (χ1) is 17.5. The summed E-state index contributed by atoms with van der Waals surface area (Å²) < 4.78 is 0. The second-order valence-corrected chi connectivity index (χ2v) is 15.8. The maximum atomic E-state index is 14.4. The number of nitrogens with one attached hydrogen (secondary N) is 2. The molecule has 5 aliphatic carbocycles. The third-order valence-corrected chi connectivity index (χ3v) is 13.6. The number of amides is 2. The van der Waals surface area contributed by atoms with Gasteiger partial charge in [0, 0.05) is 24.3 Å². The van der Waals surface area contributed by atoms with E-state index >= 15 is 0 Å². The summed E-state index contributed by atoms with van der Waals surface area (Å²) in [5.74, 6) is 0.493. The van der Waals surface area contributed by atoms with E-state index in [4.69, 9.17) is 0 Å². The van der Waals surface area contributed by atoms with Gasteiger partial charge in [0.25, 0.3) is 0 Å². The minimum Gasteiger partial charge on any atom is -0.353 e. The molecule has 4 saturated carbocycles. The Morgan fingerprint density at radius 2 is 1.58 bits per heavy atom. The van der Waals surface area contributed by atoms with Gasteiger partial charge >= 0.3 is 0 Å². The van der Waals surface area contributed by atoms with Crippen molar-refractivity contribution in [2.24, 2.45) is 50.2 Å². The van der Waals surface area contributed by atoms with E-state index in [2.05, 4.69) is 46.9 Å². The Morgan fingerprint density at radius 1 is 0.921 bits per heavy atom. The number of ketones is 1. The summed E-state index contributed by atoms with van der Waals surface area (Å²) in [5.41, 5.74) is 2.20. The average Bonchev–Trinajstić information content (AvgIpc) is 2.82. The van der Waals surface area contributed by atoms with Crippen molar-refractivity contribution in [2.75, 3.05) is 0 Å². The van der Waals surface area contributed by atoms with Crippen LogP contribution in [0, 0.1) is 50.2 Å². The number of rotatable bonds is 2. The highest BCUT2D eigenvalue weighted by atomic mass is 16.5. The number of allylic oxidation sites excluding steroid dienone is 2. The van der Waals surface area contributed by atoms with E-state index < -0.39 is 5.41 Å². The number of hydroxylamine groups is 1. The van der Waals surface area contributed by atoms with E-state index in [-0.39, 0.29) is 62.6 Å². The highest BCUT2D eigenvalue weighted by Gasteiger charge is 2.70. The van der Waals surface area contributed by atoms with Crippen molar-refractivity contribution >= 4 is 17.6 Å². The van der Waals surface area contributed by atoms with Gasteiger partial charge in [-0.2, -0.15) is 0 Å². The van der Waals surface area contributed by atoms with Gasteiger partial charge in [-0.25, -0.2) is 5.48 Å². The molecule has 0 aliphatic heterocycles. The molecule has 4 fully saturated rings. The minimum absolute atomic E-state index is 0.0285. The van der Waals surface area contributed by atoms with Crippen molar-refractivity contribution in [1.82, 2.24) is 10.8 Å². The molecule has 1 unspecified atom stereocenters. The van der Waals surface area contributed by atoms with Crippen LogP contribution in [0.15, 0.2) is 11.6 Å². The number of carbonyl (C=O) groups excluding carboxylic acids is 3. The van der Waals surface area contributed by atoms with Crippen molar-refractivity contribution in [1.29, 1.82) is 0 Å². The summed E-state index contributed by atoms with van der Waals surface area (Å²) in [5, 5.41) is 12.7. The molecule has 6 nitrogen and oxygen atoms in total. The number of carbonyl (C=O) groups is 3. The Bertz CT molecular complexity index is 1100. The van der Waals surface area contributed by atoms with E-state index in [1.54, 1.807) is 6.92 Å². The predicted octanol–water partition coefficient (Wildman–Crippen LogP) is 5.98. The first-order valence-electron chi connectivity index (χ1n) is 15.0. The number of hydrogen-bond donors (Lipinski definition) is 3. The zero-order valence-electron chi connectivity index (χ0n) is 24.9. The third-order valence-electron chi connectivity index (χ3n) is 13.6. The molecule has 0 aromatic rings. The summed E-state index contributed by atoms with van der Waals surface area (Å²) in [6, 6.07) is 0.135. The molecule has 3 N–H and O–H groups in total. The third kappa shape index (κ3) is 3.50. The van der Waals surface area contributed by atoms with Gasteiger partial charge < -0.3 is 5.32 Å². The topological polar surface area (TPSA) is 95.5 Å². The monoisotopic (exact) mass is 526 g/mol. The Hall–Kier alpha value is -1.69. The Kier molecular flexibility index (Phi) is 6.16. The predicted molar refractivity (Wildman–Crippen MR) is 147 cm³/mol. The van der Waals surface area contributed by atoms with Crippen LogP contribution in [0.4, 0.5) is 0 Å². The molecule has 0 saturated heterocycles. The largest absolute Gasteiger partial charge is 0.353 e. The molecular weight excluding hydrogens is 476 g/mol. The van der Waals surface area contributed by atoms with Crippen LogP contribution in [0.25, 0.3) is 0 Å².